The number of rotatable bonds is 33. The third-order valence-corrected chi connectivity index (χ3v) is 25.9. The summed E-state index contributed by atoms with van der Waals surface area (Å²) in [5.41, 5.74) is 10.6. The summed E-state index contributed by atoms with van der Waals surface area (Å²) in [6.07, 6.45) is 37.8. The summed E-state index contributed by atoms with van der Waals surface area (Å²) in [7, 11) is 0. The predicted octanol–water partition coefficient (Wildman–Crippen LogP) is 30.1. The van der Waals surface area contributed by atoms with Gasteiger partial charge in [0, 0.05) is 45.8 Å². The van der Waals surface area contributed by atoms with Gasteiger partial charge < -0.3 is 63.1 Å². The lowest BCUT2D eigenvalue weighted by Crippen LogP contribution is -2.40. The maximum atomic E-state index is 8.85. The largest absolute Gasteiger partial charge is 0.508 e. The van der Waals surface area contributed by atoms with Gasteiger partial charge in [0.25, 0.3) is 0 Å². The molecule has 1 heterocycles. The van der Waals surface area contributed by atoms with E-state index in [4.69, 9.17) is 63.1 Å². The van der Waals surface area contributed by atoms with Crippen LogP contribution in [0.15, 0.2) is 194 Å². The van der Waals surface area contributed by atoms with Crippen LogP contribution in [0.3, 0.4) is 0 Å². The van der Waals surface area contributed by atoms with E-state index in [9.17, 15) is 0 Å². The van der Waals surface area contributed by atoms with Crippen molar-refractivity contribution in [1.29, 1.82) is 0 Å². The van der Waals surface area contributed by atoms with Gasteiger partial charge in [-0.1, -0.05) is 272 Å². The Morgan fingerprint density at radius 1 is 0.344 bits per heavy atom. The van der Waals surface area contributed by atoms with Crippen molar-refractivity contribution in [3.63, 3.8) is 0 Å². The van der Waals surface area contributed by atoms with Crippen molar-refractivity contribution < 1.29 is 63.1 Å². The van der Waals surface area contributed by atoms with Crippen LogP contribution in [0.25, 0.3) is 0 Å². The van der Waals surface area contributed by atoms with E-state index in [1.807, 2.05) is 72.8 Å². The second-order valence-electron chi connectivity index (χ2n) is 38.3. The zero-order valence-electron chi connectivity index (χ0n) is 82.4. The molecule has 2 bridgehead atoms. The number of hydrogen-bond donors (Lipinski definition) is 4. The maximum Gasteiger partial charge on any atom is 0.208 e. The van der Waals surface area contributed by atoms with Crippen LogP contribution in [0.2, 0.25) is 0 Å². The molecule has 0 amide bonds. The Morgan fingerprint density at radius 2 is 0.680 bits per heavy atom. The first-order valence-electron chi connectivity index (χ1n) is 50.0. The molecule has 9 atom stereocenters. The lowest BCUT2D eigenvalue weighted by Gasteiger charge is -2.35. The van der Waals surface area contributed by atoms with Gasteiger partial charge in [0.1, 0.15) is 46.0 Å². The molecule has 0 spiro atoms. The Balaban J connectivity index is 0.000000208. The minimum absolute atomic E-state index is 0.0558. The van der Waals surface area contributed by atoms with E-state index in [0.29, 0.717) is 35.0 Å². The molecule has 6 aliphatic rings. The Bertz CT molecular complexity index is 3940. The molecule has 128 heavy (non-hydrogen) atoms. The molecule has 4 N–H and O–H groups in total. The SMILES string of the molecule is CCc1ccc(O)cc1.CCc1ccc(O)cc1.CCc1ccc(O)cc1.CCc1ccc(O)cc1.CCc1ccc(OC(C)(CC(C)C)OC(CC)CC)cc1.CCc1ccc(OC(CC(C)(C)C)OC2CCOCC2)cc1.CCc1ccc(OC(CC2CCCCC2)OC(C)C)cc1.CCc1ccc(OC(CC2CCCCC2)OC2CC3CC2C2CCCC32)cc1. The highest BCUT2D eigenvalue weighted by Gasteiger charge is 2.55. The number of phenols is 4. The van der Waals surface area contributed by atoms with E-state index in [2.05, 4.69) is 197 Å². The van der Waals surface area contributed by atoms with Gasteiger partial charge in [-0.3, -0.25) is 0 Å². The van der Waals surface area contributed by atoms with Gasteiger partial charge in [-0.2, -0.15) is 0 Å². The fraction of sp³-hybridized carbons (Fsp3) is 0.583. The number of ether oxygens (including phenoxy) is 9. The van der Waals surface area contributed by atoms with Crippen molar-refractivity contribution in [2.75, 3.05) is 13.2 Å². The van der Waals surface area contributed by atoms with Gasteiger partial charge in [-0.25, -0.2) is 0 Å². The summed E-state index contributed by atoms with van der Waals surface area (Å²) < 4.78 is 55.6. The molecule has 13 heteroatoms. The highest BCUT2D eigenvalue weighted by atomic mass is 16.7. The summed E-state index contributed by atoms with van der Waals surface area (Å²) in [6.45, 7) is 40.3. The Labute approximate surface area is 775 Å². The van der Waals surface area contributed by atoms with Crippen molar-refractivity contribution in [3.8, 4) is 46.0 Å². The van der Waals surface area contributed by atoms with Gasteiger partial charge in [0.05, 0.1) is 24.4 Å². The van der Waals surface area contributed by atoms with E-state index in [0.717, 1.165) is 174 Å². The highest BCUT2D eigenvalue weighted by molar-refractivity contribution is 5.32. The first kappa shape index (κ1) is 107. The Hall–Kier alpha value is -8.04. The molecule has 8 aromatic rings. The second kappa shape index (κ2) is 58.7. The van der Waals surface area contributed by atoms with E-state index in [1.165, 1.54) is 141 Å². The average molecular weight is 1760 g/mol. The van der Waals surface area contributed by atoms with Crippen molar-refractivity contribution in [1.82, 2.24) is 0 Å². The smallest absolute Gasteiger partial charge is 0.208 e. The van der Waals surface area contributed by atoms with Crippen LogP contribution in [-0.2, 0) is 75.1 Å². The second-order valence-corrected chi connectivity index (χ2v) is 38.3. The van der Waals surface area contributed by atoms with E-state index in [1.54, 1.807) is 48.5 Å². The van der Waals surface area contributed by atoms with Gasteiger partial charge >= 0.3 is 0 Å². The fourth-order valence-corrected chi connectivity index (χ4v) is 18.5. The van der Waals surface area contributed by atoms with Crippen LogP contribution >= 0.6 is 0 Å². The monoisotopic (exact) mass is 1760 g/mol. The van der Waals surface area contributed by atoms with Crippen LogP contribution in [0, 0.1) is 46.8 Å². The van der Waals surface area contributed by atoms with Crippen LogP contribution in [0.5, 0.6) is 46.0 Å². The minimum Gasteiger partial charge on any atom is -0.508 e. The zero-order valence-corrected chi connectivity index (χ0v) is 82.4. The molecule has 5 saturated carbocycles. The number of aryl methyl sites for hydroxylation is 8. The minimum atomic E-state index is -0.557. The number of phenolic OH excluding ortho intramolecular Hbond substituents is 4. The molecule has 0 aromatic heterocycles. The van der Waals surface area contributed by atoms with Crippen LogP contribution in [-0.4, -0.2) is 82.7 Å². The number of aromatic hydroxyl groups is 4. The fourth-order valence-electron chi connectivity index (χ4n) is 18.5. The molecule has 1 saturated heterocycles. The van der Waals surface area contributed by atoms with Crippen molar-refractivity contribution in [2.45, 2.75) is 373 Å². The van der Waals surface area contributed by atoms with Crippen molar-refractivity contribution in [2.24, 2.45) is 46.8 Å². The summed E-state index contributed by atoms with van der Waals surface area (Å²) in [4.78, 5) is 0. The molecule has 8 aromatic carbocycles. The average Bonchev–Trinajstić information content (AvgIpc) is 1.59. The molecular weight excluding hydrogens is 1590 g/mol. The summed E-state index contributed by atoms with van der Waals surface area (Å²) in [5, 5.41) is 35.4. The molecular formula is C115H170O13. The third kappa shape index (κ3) is 41.2. The number of hydrogen-bond acceptors (Lipinski definition) is 13. The van der Waals surface area contributed by atoms with E-state index < -0.39 is 5.79 Å². The molecule has 6 fully saturated rings. The van der Waals surface area contributed by atoms with Gasteiger partial charge in [-0.15, -0.1) is 0 Å². The number of fused-ring (bicyclic) bond motifs is 5. The molecule has 13 nitrogen and oxygen atoms in total. The van der Waals surface area contributed by atoms with Crippen molar-refractivity contribution >= 4 is 0 Å². The normalized spacial score (nSPS) is 18.9. The molecule has 708 valence electrons. The summed E-state index contributed by atoms with van der Waals surface area (Å²) in [5.74, 6) is 10.3. The highest BCUT2D eigenvalue weighted by Crippen LogP contribution is 2.60. The summed E-state index contributed by atoms with van der Waals surface area (Å²) in [6, 6.07) is 62.9. The Kier molecular flexibility index (Phi) is 49.0. The van der Waals surface area contributed by atoms with Crippen LogP contribution < -0.4 is 18.9 Å². The molecule has 9 unspecified atom stereocenters. The van der Waals surface area contributed by atoms with Gasteiger partial charge in [0.15, 0.2) is 12.6 Å². The number of benzene rings is 8. The molecule has 14 rings (SSSR count). The predicted molar refractivity (Wildman–Crippen MR) is 530 cm³/mol. The third-order valence-electron chi connectivity index (χ3n) is 25.9. The lowest BCUT2D eigenvalue weighted by atomic mass is 9.80. The van der Waals surface area contributed by atoms with Crippen molar-refractivity contribution in [3.05, 3.63) is 239 Å². The first-order chi connectivity index (χ1) is 61.6. The van der Waals surface area contributed by atoms with Crippen LogP contribution in [0.1, 0.15) is 317 Å². The Morgan fingerprint density at radius 3 is 1.02 bits per heavy atom. The van der Waals surface area contributed by atoms with E-state index >= 15 is 0 Å². The molecule has 0 radical (unpaired) electrons. The zero-order chi connectivity index (χ0) is 92.6. The van der Waals surface area contributed by atoms with Crippen LogP contribution in [0.4, 0.5) is 0 Å². The molecule has 1 aliphatic heterocycles. The summed E-state index contributed by atoms with van der Waals surface area (Å²) >= 11 is 0. The maximum absolute atomic E-state index is 8.85. The van der Waals surface area contributed by atoms with E-state index in [-0.39, 0.29) is 42.6 Å². The molecule has 5 aliphatic carbocycles. The standard InChI is InChI=1S/C26H38O2.C19H30O3.C19H30O2.C19H32O2.4C8H10O/c1-2-18-11-13-21(14-12-18)27-26(15-19-7-4-3-5-8-19)28-25-17-20-16-24(25)23-10-6-9-22(20)23;1-5-15-6-8-16(9-7-15)21-18(14-19(2,3)4)22-17-10-12-20-13-11-17;1-4-16-10-12-18(13-11-16)21-19(20-15(2)3)14-17-8-6-5-7-9-17;1-7-16-10-12-18(13-11-16)21-19(6,14-15(4)5)20-17(8-2)9-3;4*1-2-7-3-5-8(9)6-4-7/h11-14,19-20,22-26H,2-10,15-17H2,1H3;6-9,17-18H,5,10-14H2,1-4H3;10-13,15,17,19H,4-9,14H2,1-3H3;10-13,15,17H,7-9,14H2,1-6H3;4*3-6,9H,2H2,1H3. The topological polar surface area (TPSA) is 164 Å². The lowest BCUT2D eigenvalue weighted by molar-refractivity contribution is -0.209. The first-order valence-corrected chi connectivity index (χ1v) is 50.0. The van der Waals surface area contributed by atoms with Gasteiger partial charge in [0.2, 0.25) is 12.1 Å². The van der Waals surface area contributed by atoms with Gasteiger partial charge in [-0.05, 0) is 305 Å². The quantitative estimate of drug-likeness (QED) is 0.0288.